The minimum atomic E-state index is -2.66. The quantitative estimate of drug-likeness (QED) is 0.508. The van der Waals surface area contributed by atoms with Crippen LogP contribution in [-0.4, -0.2) is 43.1 Å². The summed E-state index contributed by atoms with van der Waals surface area (Å²) >= 11 is 0. The maximum absolute atomic E-state index is 12.4. The zero-order chi connectivity index (χ0) is 16.0. The van der Waals surface area contributed by atoms with Gasteiger partial charge in [-0.05, 0) is 11.6 Å². The van der Waals surface area contributed by atoms with Crippen molar-refractivity contribution in [2.45, 2.75) is 18.5 Å². The maximum Gasteiger partial charge on any atom is 0.254 e. The second-order valence-electron chi connectivity index (χ2n) is 4.43. The highest BCUT2D eigenvalue weighted by molar-refractivity contribution is 5.55. The van der Waals surface area contributed by atoms with Crippen molar-refractivity contribution in [3.8, 4) is 5.75 Å². The molecular formula is C12H18F2N3O4-. The fourth-order valence-electron chi connectivity index (χ4n) is 1.71. The molecule has 0 saturated heterocycles. The lowest BCUT2D eigenvalue weighted by atomic mass is 10.1. The van der Waals surface area contributed by atoms with Crippen molar-refractivity contribution < 1.29 is 29.0 Å². The first kappa shape index (κ1) is 17.5. The Morgan fingerprint density at radius 2 is 2.10 bits per heavy atom. The van der Waals surface area contributed by atoms with E-state index in [1.165, 1.54) is 19.2 Å². The molecule has 1 rings (SSSR count). The fourth-order valence-corrected chi connectivity index (χ4v) is 1.71. The Morgan fingerprint density at radius 1 is 1.43 bits per heavy atom. The molecule has 5 N–H and O–H groups in total. The zero-order valence-corrected chi connectivity index (χ0v) is 11.4. The summed E-state index contributed by atoms with van der Waals surface area (Å²) in [4.78, 5) is 0. The molecular weight excluding hydrogens is 288 g/mol. The van der Waals surface area contributed by atoms with Crippen LogP contribution in [0.25, 0.3) is 0 Å². The monoisotopic (exact) mass is 306 g/mol. The number of nitrogens with one attached hydrogen (secondary N) is 1. The van der Waals surface area contributed by atoms with Gasteiger partial charge >= 0.3 is 0 Å². The predicted octanol–water partition coefficient (Wildman–Crippen LogP) is 0.215. The van der Waals surface area contributed by atoms with Crippen LogP contribution in [0.1, 0.15) is 11.6 Å². The van der Waals surface area contributed by atoms with Crippen molar-refractivity contribution >= 4 is 5.69 Å². The SMILES string of the molecule is COCC(NC[C@H](N)C(F)F)c1ccc([O-])c(N(O)O)c1. The molecule has 1 unspecified atom stereocenters. The van der Waals surface area contributed by atoms with Gasteiger partial charge < -0.3 is 20.9 Å². The van der Waals surface area contributed by atoms with Crippen LogP contribution in [0.2, 0.25) is 0 Å². The summed E-state index contributed by atoms with van der Waals surface area (Å²) in [5.74, 6) is -0.593. The van der Waals surface area contributed by atoms with Gasteiger partial charge in [-0.1, -0.05) is 17.9 Å². The van der Waals surface area contributed by atoms with Gasteiger partial charge in [0.15, 0.2) is 0 Å². The maximum atomic E-state index is 12.4. The molecule has 0 radical (unpaired) electrons. The third kappa shape index (κ3) is 5.06. The number of nitrogens with two attached hydrogens (primary N) is 1. The van der Waals surface area contributed by atoms with E-state index in [0.29, 0.717) is 5.56 Å². The molecule has 0 aliphatic carbocycles. The van der Waals surface area contributed by atoms with E-state index in [2.05, 4.69) is 5.32 Å². The van der Waals surface area contributed by atoms with Crippen LogP contribution in [0.15, 0.2) is 18.2 Å². The van der Waals surface area contributed by atoms with Gasteiger partial charge in [0, 0.05) is 13.7 Å². The third-order valence-corrected chi connectivity index (χ3v) is 2.86. The molecule has 2 atom stereocenters. The van der Waals surface area contributed by atoms with Gasteiger partial charge in [0.25, 0.3) is 6.43 Å². The molecule has 0 bridgehead atoms. The number of hydrogen-bond donors (Lipinski definition) is 4. The molecule has 21 heavy (non-hydrogen) atoms. The van der Waals surface area contributed by atoms with E-state index in [9.17, 15) is 13.9 Å². The standard InChI is InChI=1S/C12H19F2N3O4/c1-21-6-9(16-5-8(15)12(13)14)7-2-3-11(18)10(4-7)17(19)20/h2-4,8-9,12,16,18-20H,5-6,15H2,1H3/p-1/t8-,9?/m0/s1. The number of nitrogens with zero attached hydrogens (tertiary/aromatic N) is 1. The normalized spacial score (nSPS) is 14.2. The van der Waals surface area contributed by atoms with Crippen LogP contribution in [0.4, 0.5) is 14.5 Å². The lowest BCUT2D eigenvalue weighted by molar-refractivity contribution is -0.268. The summed E-state index contributed by atoms with van der Waals surface area (Å²) in [6.07, 6.45) is -2.66. The van der Waals surface area contributed by atoms with Crippen molar-refractivity contribution in [1.82, 2.24) is 5.32 Å². The Labute approximate surface area is 120 Å². The van der Waals surface area contributed by atoms with Crippen LogP contribution in [-0.2, 0) is 4.74 Å². The Morgan fingerprint density at radius 3 is 2.62 bits per heavy atom. The van der Waals surface area contributed by atoms with Crippen molar-refractivity contribution in [2.24, 2.45) is 5.73 Å². The average Bonchev–Trinajstić information content (AvgIpc) is 2.43. The average molecular weight is 306 g/mol. The summed E-state index contributed by atoms with van der Waals surface area (Å²) in [5, 5.41) is 31.8. The van der Waals surface area contributed by atoms with Crippen molar-refractivity contribution in [3.63, 3.8) is 0 Å². The van der Waals surface area contributed by atoms with E-state index < -0.39 is 24.3 Å². The molecule has 0 amide bonds. The summed E-state index contributed by atoms with van der Waals surface area (Å²) < 4.78 is 29.7. The molecule has 0 aliphatic rings. The first-order valence-corrected chi connectivity index (χ1v) is 6.11. The number of ether oxygens (including phenoxy) is 1. The Hall–Kier alpha value is -1.52. The number of halogens is 2. The van der Waals surface area contributed by atoms with Gasteiger partial charge in [0.2, 0.25) is 0 Å². The highest BCUT2D eigenvalue weighted by atomic mass is 19.3. The molecule has 0 saturated carbocycles. The molecule has 1 aromatic rings. The third-order valence-electron chi connectivity index (χ3n) is 2.86. The molecule has 0 heterocycles. The van der Waals surface area contributed by atoms with Gasteiger partial charge in [-0.2, -0.15) is 0 Å². The van der Waals surface area contributed by atoms with E-state index in [1.807, 2.05) is 0 Å². The number of benzene rings is 1. The highest BCUT2D eigenvalue weighted by Gasteiger charge is 2.19. The van der Waals surface area contributed by atoms with Crippen molar-refractivity contribution in [3.05, 3.63) is 23.8 Å². The topological polar surface area (TPSA) is 114 Å². The summed E-state index contributed by atoms with van der Waals surface area (Å²) in [7, 11) is 1.43. The van der Waals surface area contributed by atoms with E-state index in [0.717, 1.165) is 6.07 Å². The largest absolute Gasteiger partial charge is 0.871 e. The van der Waals surface area contributed by atoms with Crippen LogP contribution in [0.3, 0.4) is 0 Å². The Balaban J connectivity index is 2.87. The van der Waals surface area contributed by atoms with Crippen LogP contribution in [0, 0.1) is 0 Å². The second-order valence-corrected chi connectivity index (χ2v) is 4.43. The Kier molecular flexibility index (Phi) is 6.72. The van der Waals surface area contributed by atoms with E-state index in [4.69, 9.17) is 20.9 Å². The molecule has 0 fully saturated rings. The van der Waals surface area contributed by atoms with Crippen molar-refractivity contribution in [2.75, 3.05) is 25.5 Å². The van der Waals surface area contributed by atoms with Gasteiger partial charge in [-0.3, -0.25) is 10.4 Å². The number of hydrogen-bond acceptors (Lipinski definition) is 7. The minimum absolute atomic E-state index is 0.129. The summed E-state index contributed by atoms with van der Waals surface area (Å²) in [6, 6.07) is 1.95. The van der Waals surface area contributed by atoms with Gasteiger partial charge in [-0.15, -0.1) is 5.23 Å². The zero-order valence-electron chi connectivity index (χ0n) is 11.4. The minimum Gasteiger partial charge on any atom is -0.871 e. The number of methoxy groups -OCH3 is 1. The van der Waals surface area contributed by atoms with Crippen molar-refractivity contribution in [1.29, 1.82) is 0 Å². The molecule has 1 aromatic carbocycles. The van der Waals surface area contributed by atoms with Crippen LogP contribution in [0.5, 0.6) is 5.75 Å². The lowest BCUT2D eigenvalue weighted by Gasteiger charge is -2.24. The first-order valence-electron chi connectivity index (χ1n) is 6.11. The molecule has 0 aliphatic heterocycles. The number of alkyl halides is 2. The van der Waals surface area contributed by atoms with Crippen LogP contribution >= 0.6 is 0 Å². The number of rotatable bonds is 8. The highest BCUT2D eigenvalue weighted by Crippen LogP contribution is 2.27. The van der Waals surface area contributed by atoms with Gasteiger partial charge in [0.1, 0.15) is 0 Å². The molecule has 7 nitrogen and oxygen atoms in total. The summed E-state index contributed by atoms with van der Waals surface area (Å²) in [5.41, 5.74) is 5.37. The lowest BCUT2D eigenvalue weighted by Crippen LogP contribution is -2.41. The van der Waals surface area contributed by atoms with Gasteiger partial charge in [0.05, 0.1) is 24.4 Å². The molecule has 120 valence electrons. The fraction of sp³-hybridized carbons (Fsp3) is 0.500. The predicted molar refractivity (Wildman–Crippen MR) is 68.5 cm³/mol. The van der Waals surface area contributed by atoms with E-state index >= 15 is 0 Å². The van der Waals surface area contributed by atoms with E-state index in [-0.39, 0.29) is 24.1 Å². The molecule has 0 spiro atoms. The smallest absolute Gasteiger partial charge is 0.254 e. The van der Waals surface area contributed by atoms with Gasteiger partial charge in [-0.25, -0.2) is 8.78 Å². The van der Waals surface area contributed by atoms with E-state index in [1.54, 1.807) is 0 Å². The summed E-state index contributed by atoms with van der Waals surface area (Å²) in [6.45, 7) is -0.0351. The first-order chi connectivity index (χ1) is 9.86. The number of anilines is 1. The molecule has 9 heteroatoms. The Bertz CT molecular complexity index is 449. The molecule has 0 aromatic heterocycles. The van der Waals surface area contributed by atoms with Crippen LogP contribution < -0.4 is 21.4 Å². The second kappa shape index (κ2) is 8.05.